The lowest BCUT2D eigenvalue weighted by molar-refractivity contribution is -0.147. The van der Waals surface area contributed by atoms with E-state index in [1.807, 2.05) is 19.1 Å². The lowest BCUT2D eigenvalue weighted by Crippen LogP contribution is -2.47. The van der Waals surface area contributed by atoms with Gasteiger partial charge in [-0.1, -0.05) is 42.0 Å². The highest BCUT2D eigenvalue weighted by Crippen LogP contribution is 2.58. The van der Waals surface area contributed by atoms with Gasteiger partial charge in [0.15, 0.2) is 5.41 Å². The molecule has 1 N–H and O–H groups in total. The minimum atomic E-state index is -2.05. The summed E-state index contributed by atoms with van der Waals surface area (Å²) in [6, 6.07) is 15.7. The van der Waals surface area contributed by atoms with Crippen molar-refractivity contribution in [2.45, 2.75) is 18.8 Å². The molecular formula is C25H21FN2O5. The smallest absolute Gasteiger partial charge is 0.337 e. The Bertz CT molecular complexity index is 1180. The number of nitriles is 2. The van der Waals surface area contributed by atoms with Crippen molar-refractivity contribution in [3.63, 3.8) is 0 Å². The number of methoxy groups -OCH3 is 2. The number of hydrogen-bond donors (Lipinski definition) is 1. The normalized spacial score (nSPS) is 21.5. The Morgan fingerprint density at radius 1 is 0.970 bits per heavy atom. The van der Waals surface area contributed by atoms with Gasteiger partial charge in [-0.3, -0.25) is 4.79 Å². The van der Waals surface area contributed by atoms with Gasteiger partial charge in [0.2, 0.25) is 0 Å². The molecule has 0 unspecified atom stereocenters. The first-order valence-electron chi connectivity index (χ1n) is 9.99. The summed E-state index contributed by atoms with van der Waals surface area (Å²) in [4.78, 5) is 25.7. The maximum Gasteiger partial charge on any atom is 0.337 e. The molecule has 7 nitrogen and oxygen atoms in total. The van der Waals surface area contributed by atoms with Crippen molar-refractivity contribution >= 4 is 11.9 Å². The van der Waals surface area contributed by atoms with E-state index in [0.29, 0.717) is 5.56 Å². The molecule has 0 heterocycles. The zero-order valence-corrected chi connectivity index (χ0v) is 18.2. The Hall–Kier alpha value is -4.17. The summed E-state index contributed by atoms with van der Waals surface area (Å²) in [5.41, 5.74) is -0.935. The zero-order valence-electron chi connectivity index (χ0n) is 18.2. The highest BCUT2D eigenvalue weighted by atomic mass is 19.1. The van der Waals surface area contributed by atoms with Crippen molar-refractivity contribution in [2.24, 2.45) is 11.3 Å². The second-order valence-corrected chi connectivity index (χ2v) is 7.76. The summed E-state index contributed by atoms with van der Waals surface area (Å²) in [5, 5.41) is 32.0. The SMILES string of the molecule is COC(=O)C1=C(O)[C@H](C(=O)OC)[C@H](c2ccc(C)cc2)C(C#N)(C#N)[C@H]1c1ccc(F)cc1. The molecule has 1 aliphatic carbocycles. The maximum absolute atomic E-state index is 13.7. The van der Waals surface area contributed by atoms with Crippen LogP contribution < -0.4 is 0 Å². The molecule has 33 heavy (non-hydrogen) atoms. The van der Waals surface area contributed by atoms with Crippen LogP contribution in [0.4, 0.5) is 4.39 Å². The number of carbonyl (C=O) groups is 2. The Balaban J connectivity index is 2.47. The van der Waals surface area contributed by atoms with E-state index < -0.39 is 52.3 Å². The number of esters is 2. The molecule has 2 aromatic rings. The predicted molar refractivity (Wildman–Crippen MR) is 114 cm³/mol. The van der Waals surface area contributed by atoms with Gasteiger partial charge < -0.3 is 14.6 Å². The van der Waals surface area contributed by atoms with Crippen LogP contribution in [0.3, 0.4) is 0 Å². The number of rotatable bonds is 4. The molecule has 0 radical (unpaired) electrons. The molecule has 0 spiro atoms. The topological polar surface area (TPSA) is 120 Å². The molecule has 1 aliphatic rings. The molecule has 0 saturated carbocycles. The quantitative estimate of drug-likeness (QED) is 0.706. The van der Waals surface area contributed by atoms with Gasteiger partial charge in [-0.25, -0.2) is 9.18 Å². The summed E-state index contributed by atoms with van der Waals surface area (Å²) in [6.45, 7) is 1.85. The van der Waals surface area contributed by atoms with Crippen LogP contribution in [0, 0.1) is 46.7 Å². The number of carbonyl (C=O) groups excluding carboxylic acids is 2. The zero-order chi connectivity index (χ0) is 24.3. The van der Waals surface area contributed by atoms with Gasteiger partial charge in [0.05, 0.1) is 37.8 Å². The summed E-state index contributed by atoms with van der Waals surface area (Å²) in [7, 11) is 2.18. The Kier molecular flexibility index (Phi) is 6.50. The first-order valence-corrected chi connectivity index (χ1v) is 9.99. The number of nitrogens with zero attached hydrogens (tertiary/aromatic N) is 2. The average Bonchev–Trinajstić information content (AvgIpc) is 2.83. The van der Waals surface area contributed by atoms with Gasteiger partial charge in [0.1, 0.15) is 17.5 Å². The van der Waals surface area contributed by atoms with E-state index in [1.165, 1.54) is 12.1 Å². The molecule has 0 bridgehead atoms. The van der Waals surface area contributed by atoms with E-state index in [-0.39, 0.29) is 5.56 Å². The average molecular weight is 448 g/mol. The molecule has 0 saturated heterocycles. The molecule has 168 valence electrons. The highest BCUT2D eigenvalue weighted by molar-refractivity contribution is 5.94. The van der Waals surface area contributed by atoms with E-state index in [1.54, 1.807) is 24.3 Å². The second kappa shape index (κ2) is 9.13. The largest absolute Gasteiger partial charge is 0.511 e. The molecule has 2 aromatic carbocycles. The first-order chi connectivity index (χ1) is 15.7. The van der Waals surface area contributed by atoms with E-state index in [9.17, 15) is 29.6 Å². The number of ether oxygens (including phenoxy) is 2. The Morgan fingerprint density at radius 2 is 1.52 bits per heavy atom. The molecule has 3 atom stereocenters. The number of benzene rings is 2. The fourth-order valence-electron chi connectivity index (χ4n) is 4.46. The third kappa shape index (κ3) is 3.81. The first kappa shape index (κ1) is 23.5. The summed E-state index contributed by atoms with van der Waals surface area (Å²) in [6.07, 6.45) is 0. The summed E-state index contributed by atoms with van der Waals surface area (Å²) in [5.74, 6) is -7.24. The molecule has 0 fully saturated rings. The van der Waals surface area contributed by atoms with Crippen molar-refractivity contribution in [1.29, 1.82) is 10.5 Å². The monoisotopic (exact) mass is 448 g/mol. The maximum atomic E-state index is 13.7. The van der Waals surface area contributed by atoms with Crippen LogP contribution in [0.1, 0.15) is 28.5 Å². The third-order valence-electron chi connectivity index (χ3n) is 6.01. The molecular weight excluding hydrogens is 427 g/mol. The van der Waals surface area contributed by atoms with Gasteiger partial charge >= 0.3 is 11.9 Å². The van der Waals surface area contributed by atoms with Crippen LogP contribution in [0.25, 0.3) is 0 Å². The van der Waals surface area contributed by atoms with Crippen LogP contribution in [-0.2, 0) is 19.1 Å². The number of aliphatic hydroxyl groups excluding tert-OH is 1. The lowest BCUT2D eigenvalue weighted by atomic mass is 9.54. The molecule has 0 amide bonds. The number of aryl methyl sites for hydroxylation is 1. The van der Waals surface area contributed by atoms with Crippen molar-refractivity contribution in [3.05, 3.63) is 82.4 Å². The fraction of sp³-hybridized carbons (Fsp3) is 0.280. The van der Waals surface area contributed by atoms with E-state index in [2.05, 4.69) is 0 Å². The van der Waals surface area contributed by atoms with Crippen molar-refractivity contribution in [1.82, 2.24) is 0 Å². The van der Waals surface area contributed by atoms with Gasteiger partial charge in [-0.05, 0) is 30.2 Å². The van der Waals surface area contributed by atoms with Crippen LogP contribution in [0.15, 0.2) is 59.9 Å². The fourth-order valence-corrected chi connectivity index (χ4v) is 4.46. The molecule has 0 aromatic heterocycles. The molecule has 8 heteroatoms. The minimum absolute atomic E-state index is 0.229. The lowest BCUT2D eigenvalue weighted by Gasteiger charge is -2.44. The number of halogens is 1. The van der Waals surface area contributed by atoms with E-state index in [0.717, 1.165) is 31.9 Å². The molecule has 3 rings (SSSR count). The summed E-state index contributed by atoms with van der Waals surface area (Å²) < 4.78 is 23.4. The van der Waals surface area contributed by atoms with Gasteiger partial charge in [-0.2, -0.15) is 10.5 Å². The van der Waals surface area contributed by atoms with E-state index in [4.69, 9.17) is 9.47 Å². The van der Waals surface area contributed by atoms with Crippen LogP contribution in [0.5, 0.6) is 0 Å². The second-order valence-electron chi connectivity index (χ2n) is 7.76. The molecule has 0 aliphatic heterocycles. The van der Waals surface area contributed by atoms with Crippen LogP contribution in [-0.4, -0.2) is 31.3 Å². The number of hydrogen-bond acceptors (Lipinski definition) is 7. The summed E-state index contributed by atoms with van der Waals surface area (Å²) >= 11 is 0. The number of aliphatic hydroxyl groups is 1. The van der Waals surface area contributed by atoms with Crippen LogP contribution in [0.2, 0.25) is 0 Å². The van der Waals surface area contributed by atoms with Gasteiger partial charge in [-0.15, -0.1) is 0 Å². The van der Waals surface area contributed by atoms with Gasteiger partial charge in [0, 0.05) is 5.92 Å². The predicted octanol–water partition coefficient (Wildman–Crippen LogP) is 3.82. The minimum Gasteiger partial charge on any atom is -0.511 e. The van der Waals surface area contributed by atoms with Crippen molar-refractivity contribution in [3.8, 4) is 12.1 Å². The highest BCUT2D eigenvalue weighted by Gasteiger charge is 2.61. The van der Waals surface area contributed by atoms with Crippen LogP contribution >= 0.6 is 0 Å². The standard InChI is InChI=1S/C25H21FN2O5/c1-14-4-6-15(7-5-14)20-18(23(30)32-2)22(29)19(24(31)33-3)21(25(20,12-27)13-28)16-8-10-17(26)11-9-16/h4-11,18,20-21,29H,1-3H3/t18-,20+,21+/m1/s1. The Labute approximate surface area is 190 Å². The Morgan fingerprint density at radius 3 is 2.00 bits per heavy atom. The van der Waals surface area contributed by atoms with Crippen molar-refractivity contribution < 1.29 is 28.6 Å². The van der Waals surface area contributed by atoms with E-state index >= 15 is 0 Å². The van der Waals surface area contributed by atoms with Crippen molar-refractivity contribution in [2.75, 3.05) is 14.2 Å². The third-order valence-corrected chi connectivity index (χ3v) is 6.01. The van der Waals surface area contributed by atoms with Gasteiger partial charge in [0.25, 0.3) is 0 Å².